The number of esters is 1. The minimum atomic E-state index is -1.19. The van der Waals surface area contributed by atoms with Crippen molar-refractivity contribution in [2.24, 2.45) is 5.92 Å². The van der Waals surface area contributed by atoms with Gasteiger partial charge < -0.3 is 44.5 Å². The Morgan fingerprint density at radius 1 is 1.33 bits per heavy atom. The maximum absolute atomic E-state index is 12.9. The molecule has 1 heterocycles. The van der Waals surface area contributed by atoms with Crippen molar-refractivity contribution in [1.82, 2.24) is 10.2 Å². The van der Waals surface area contributed by atoms with Crippen molar-refractivity contribution in [2.75, 3.05) is 34.3 Å². The van der Waals surface area contributed by atoms with E-state index < -0.39 is 47.7 Å². The van der Waals surface area contributed by atoms with Gasteiger partial charge in [-0.1, -0.05) is 38.2 Å². The number of methoxy groups -OCH3 is 1. The molecular weight excluding hydrogens is 580 g/mol. The zero-order chi connectivity index (χ0) is 34.4. The summed E-state index contributed by atoms with van der Waals surface area (Å²) in [6.45, 7) is 13.8. The molecule has 1 unspecified atom stereocenters. The van der Waals surface area contributed by atoms with E-state index in [0.717, 1.165) is 5.57 Å². The number of aliphatic hydroxyl groups excluding tert-OH is 2. The molecule has 1 aliphatic rings. The number of rotatable bonds is 14. The third kappa shape index (κ3) is 14.4. The van der Waals surface area contributed by atoms with Crippen molar-refractivity contribution in [2.45, 2.75) is 128 Å². The van der Waals surface area contributed by atoms with E-state index in [4.69, 9.17) is 18.9 Å². The molecule has 1 aliphatic heterocycles. The minimum Gasteiger partial charge on any atom is -0.457 e. The van der Waals surface area contributed by atoms with Gasteiger partial charge in [-0.05, 0) is 72.6 Å². The van der Waals surface area contributed by atoms with Gasteiger partial charge in [0.25, 0.3) is 0 Å². The Morgan fingerprint density at radius 3 is 2.60 bits per heavy atom. The summed E-state index contributed by atoms with van der Waals surface area (Å²) >= 11 is 0. The molecule has 1 rings (SSSR count). The first kappa shape index (κ1) is 40.7. The van der Waals surface area contributed by atoms with Crippen LogP contribution in [0.1, 0.15) is 80.6 Å². The molecule has 0 spiro atoms. The average Bonchev–Trinajstić information content (AvgIpc) is 2.97. The topological polar surface area (TPSA) is 147 Å². The van der Waals surface area contributed by atoms with Gasteiger partial charge in [0.05, 0.1) is 36.4 Å². The number of cyclic esters (lactones) is 1. The number of aliphatic hydroxyl groups is 3. The molecule has 0 aromatic heterocycles. The molecule has 45 heavy (non-hydrogen) atoms. The molecule has 11 nitrogen and oxygen atoms in total. The van der Waals surface area contributed by atoms with Crippen molar-refractivity contribution in [3.05, 3.63) is 36.0 Å². The van der Waals surface area contributed by atoms with Crippen LogP contribution < -0.4 is 5.32 Å². The van der Waals surface area contributed by atoms with Crippen LogP contribution in [0.4, 0.5) is 4.79 Å². The lowest BCUT2D eigenvalue weighted by Gasteiger charge is -2.36. The van der Waals surface area contributed by atoms with Gasteiger partial charge in [0.15, 0.2) is 6.10 Å². The molecule has 0 fully saturated rings. The van der Waals surface area contributed by atoms with Gasteiger partial charge in [-0.2, -0.15) is 0 Å². The Hall–Kier alpha value is -2.28. The monoisotopic (exact) mass is 640 g/mol. The standard InChI is InChI=1S/C34H60N2O9/c1-11-28(38)26(5)43-25(4)22-33(6,41)17-12-13-23(2)31-24(3)14-15-29(44-32(40)36(9)20-19-35-8)34(7,42-10)18-16-27(37)21-30(39)45-31/h12-15,17,24-29,31,35,37-38,41H,11,16,18-22H2,1-10H3/b15-14+,17-12+,23-13+/t24-,25-,26+,27?,28-,29-,31+,33-,34+/m0/s1. The number of carbonyl (C=O) groups is 2. The van der Waals surface area contributed by atoms with Gasteiger partial charge in [0, 0.05) is 39.6 Å². The fourth-order valence-corrected chi connectivity index (χ4v) is 5.22. The fourth-order valence-electron chi connectivity index (χ4n) is 5.22. The second-order valence-electron chi connectivity index (χ2n) is 12.9. The highest BCUT2D eigenvalue weighted by atomic mass is 16.6. The summed E-state index contributed by atoms with van der Waals surface area (Å²) in [4.78, 5) is 27.3. The summed E-state index contributed by atoms with van der Waals surface area (Å²) in [5.41, 5.74) is -1.42. The van der Waals surface area contributed by atoms with Gasteiger partial charge in [-0.3, -0.25) is 4.79 Å². The first-order valence-electron chi connectivity index (χ1n) is 16.1. The molecule has 0 aliphatic carbocycles. The Kier molecular flexibility index (Phi) is 17.6. The van der Waals surface area contributed by atoms with E-state index in [9.17, 15) is 24.9 Å². The number of hydrogen-bond donors (Lipinski definition) is 4. The summed E-state index contributed by atoms with van der Waals surface area (Å²) in [5.74, 6) is -0.862. The van der Waals surface area contributed by atoms with E-state index in [-0.39, 0.29) is 31.0 Å². The van der Waals surface area contributed by atoms with E-state index in [0.29, 0.717) is 32.4 Å². The number of likely N-dealkylation sites (N-methyl/N-ethyl adjacent to an activating group) is 2. The largest absolute Gasteiger partial charge is 0.457 e. The minimum absolute atomic E-state index is 0.190. The maximum Gasteiger partial charge on any atom is 0.410 e. The number of amides is 1. The van der Waals surface area contributed by atoms with E-state index in [1.54, 1.807) is 45.3 Å². The van der Waals surface area contributed by atoms with Crippen molar-refractivity contribution < 1.29 is 43.9 Å². The number of nitrogens with one attached hydrogen (secondary N) is 1. The number of carbonyl (C=O) groups excluding carboxylic acids is 2. The molecule has 0 aromatic rings. The van der Waals surface area contributed by atoms with Crippen molar-refractivity contribution in [1.29, 1.82) is 0 Å². The highest BCUT2D eigenvalue weighted by Crippen LogP contribution is 2.30. The second-order valence-corrected chi connectivity index (χ2v) is 12.9. The first-order chi connectivity index (χ1) is 21.0. The molecule has 260 valence electrons. The molecule has 0 radical (unpaired) electrons. The van der Waals surface area contributed by atoms with Crippen molar-refractivity contribution >= 4 is 12.1 Å². The Bertz CT molecular complexity index is 998. The molecule has 0 aromatic carbocycles. The smallest absolute Gasteiger partial charge is 0.410 e. The molecule has 0 saturated carbocycles. The third-order valence-electron chi connectivity index (χ3n) is 8.38. The van der Waals surface area contributed by atoms with Crippen LogP contribution in [-0.2, 0) is 23.7 Å². The molecule has 1 amide bonds. The molecule has 11 heteroatoms. The average molecular weight is 641 g/mol. The highest BCUT2D eigenvalue weighted by molar-refractivity contribution is 5.70. The molecule has 0 saturated heterocycles. The summed E-state index contributed by atoms with van der Waals surface area (Å²) in [5, 5.41) is 34.6. The number of nitrogens with zero attached hydrogens (tertiary/aromatic N) is 1. The predicted molar refractivity (Wildman–Crippen MR) is 175 cm³/mol. The normalized spacial score (nSPS) is 29.4. The van der Waals surface area contributed by atoms with E-state index in [1.807, 2.05) is 47.6 Å². The number of ether oxygens (including phenoxy) is 4. The lowest BCUT2D eigenvalue weighted by Crippen LogP contribution is -2.46. The van der Waals surface area contributed by atoms with Gasteiger partial charge in [-0.25, -0.2) is 4.79 Å². The van der Waals surface area contributed by atoms with E-state index in [1.165, 1.54) is 12.0 Å². The van der Waals surface area contributed by atoms with Crippen LogP contribution in [0.25, 0.3) is 0 Å². The van der Waals surface area contributed by atoms with Crippen LogP contribution in [0, 0.1) is 5.92 Å². The fraction of sp³-hybridized carbons (Fsp3) is 0.765. The van der Waals surface area contributed by atoms with Gasteiger partial charge in [0.2, 0.25) is 0 Å². The highest BCUT2D eigenvalue weighted by Gasteiger charge is 2.38. The van der Waals surface area contributed by atoms with Crippen molar-refractivity contribution in [3.8, 4) is 0 Å². The first-order valence-corrected chi connectivity index (χ1v) is 16.1. The Balaban J connectivity index is 3.25. The predicted octanol–water partition coefficient (Wildman–Crippen LogP) is 3.90. The molecule has 4 N–H and O–H groups in total. The SMILES string of the molecule is CC[C@H](O)[C@@H](C)O[C@@H](C)C[C@@](C)(O)/C=C/C=C(\C)[C@H]1OC(=O)CC(O)CC[C@@](C)(OC)[C@@H](OC(=O)N(C)CCNC)/C=C/[C@@H]1C. The van der Waals surface area contributed by atoms with E-state index >= 15 is 0 Å². The van der Waals surface area contributed by atoms with E-state index in [2.05, 4.69) is 5.32 Å². The summed E-state index contributed by atoms with van der Waals surface area (Å²) in [7, 11) is 5.00. The Morgan fingerprint density at radius 2 is 2.00 bits per heavy atom. The maximum atomic E-state index is 12.9. The van der Waals surface area contributed by atoms with Crippen LogP contribution in [0.2, 0.25) is 0 Å². The van der Waals surface area contributed by atoms with Crippen LogP contribution in [0.15, 0.2) is 36.0 Å². The van der Waals surface area contributed by atoms with Crippen molar-refractivity contribution in [3.63, 3.8) is 0 Å². The number of hydrogen-bond acceptors (Lipinski definition) is 10. The van der Waals surface area contributed by atoms with Gasteiger partial charge in [0.1, 0.15) is 11.7 Å². The summed E-state index contributed by atoms with van der Waals surface area (Å²) in [6.07, 6.45) is 5.90. The van der Waals surface area contributed by atoms with Crippen LogP contribution in [-0.4, -0.2) is 114 Å². The van der Waals surface area contributed by atoms with Gasteiger partial charge >= 0.3 is 12.1 Å². The zero-order valence-electron chi connectivity index (χ0n) is 29.1. The lowest BCUT2D eigenvalue weighted by molar-refractivity contribution is -0.151. The van der Waals surface area contributed by atoms with Gasteiger partial charge in [-0.15, -0.1) is 0 Å². The quantitative estimate of drug-likeness (QED) is 0.125. The third-order valence-corrected chi connectivity index (χ3v) is 8.38. The molecule has 9 atom stereocenters. The summed E-state index contributed by atoms with van der Waals surface area (Å²) < 4.78 is 23.5. The van der Waals surface area contributed by atoms with Crippen LogP contribution >= 0.6 is 0 Å². The lowest BCUT2D eigenvalue weighted by atomic mass is 9.88. The molecule has 0 bridgehead atoms. The Labute approximate surface area is 270 Å². The van der Waals surface area contributed by atoms with Crippen LogP contribution in [0.5, 0.6) is 0 Å². The molecular formula is C34H60N2O9. The zero-order valence-corrected chi connectivity index (χ0v) is 29.1. The number of allylic oxidation sites excluding steroid dienone is 2. The van der Waals surface area contributed by atoms with Crippen LogP contribution in [0.3, 0.4) is 0 Å². The second kappa shape index (κ2) is 19.4. The summed E-state index contributed by atoms with van der Waals surface area (Å²) in [6, 6.07) is 0.